The van der Waals surface area contributed by atoms with Gasteiger partial charge in [-0.05, 0) is 30.3 Å². The fourth-order valence-electron chi connectivity index (χ4n) is 1.84. The number of carbonyl (C=O) groups is 1. The summed E-state index contributed by atoms with van der Waals surface area (Å²) >= 11 is 0. The van der Waals surface area contributed by atoms with E-state index in [-0.39, 0.29) is 11.5 Å². The summed E-state index contributed by atoms with van der Waals surface area (Å²) in [6.07, 6.45) is 1.77. The lowest BCUT2D eigenvalue weighted by molar-refractivity contribution is -0.114. The van der Waals surface area contributed by atoms with E-state index in [0.717, 1.165) is 11.4 Å². The molecular weight excluding hydrogens is 254 g/mol. The molecule has 20 heavy (non-hydrogen) atoms. The molecule has 2 N–H and O–H groups in total. The topological polar surface area (TPSA) is 63.1 Å². The molecule has 0 aliphatic rings. The van der Waals surface area contributed by atoms with Gasteiger partial charge in [0.1, 0.15) is 0 Å². The van der Waals surface area contributed by atoms with Crippen LogP contribution >= 0.6 is 0 Å². The zero-order valence-electron chi connectivity index (χ0n) is 11.3. The van der Waals surface area contributed by atoms with E-state index >= 15 is 0 Å². The Morgan fingerprint density at radius 3 is 2.45 bits per heavy atom. The molecule has 1 amide bonds. The fraction of sp³-hybridized carbons (Fsp3) is 0.200. The molecule has 0 spiro atoms. The van der Waals surface area contributed by atoms with Crippen LogP contribution in [0.25, 0.3) is 0 Å². The summed E-state index contributed by atoms with van der Waals surface area (Å²) in [5.41, 5.74) is 1.71. The summed E-state index contributed by atoms with van der Waals surface area (Å²) in [5, 5.41) is 5.94. The number of benzene rings is 1. The molecule has 0 aliphatic heterocycles. The third kappa shape index (κ3) is 3.98. The minimum atomic E-state index is -0.0887. The molecule has 104 valence electrons. The summed E-state index contributed by atoms with van der Waals surface area (Å²) < 4.78 is 1.65. The number of hydrogen-bond donors (Lipinski definition) is 2. The summed E-state index contributed by atoms with van der Waals surface area (Å²) in [6.45, 7) is 2.74. The lowest BCUT2D eigenvalue weighted by atomic mass is 10.2. The second-order valence-corrected chi connectivity index (χ2v) is 4.42. The molecule has 0 saturated heterocycles. The molecule has 1 aromatic heterocycles. The maximum atomic E-state index is 11.5. The smallest absolute Gasteiger partial charge is 0.250 e. The van der Waals surface area contributed by atoms with E-state index in [1.807, 2.05) is 30.3 Å². The second-order valence-electron chi connectivity index (χ2n) is 4.42. The highest BCUT2D eigenvalue weighted by atomic mass is 16.1. The highest BCUT2D eigenvalue weighted by molar-refractivity contribution is 5.88. The van der Waals surface area contributed by atoms with E-state index in [1.54, 1.807) is 22.9 Å². The van der Waals surface area contributed by atoms with E-state index in [2.05, 4.69) is 10.6 Å². The Labute approximate surface area is 117 Å². The molecule has 0 bridgehead atoms. The number of anilines is 2. The molecule has 0 aliphatic carbocycles. The number of aromatic nitrogens is 1. The van der Waals surface area contributed by atoms with Crippen LogP contribution in [0.1, 0.15) is 6.92 Å². The molecule has 0 radical (unpaired) electrons. The van der Waals surface area contributed by atoms with Crippen LogP contribution < -0.4 is 16.2 Å². The normalized spacial score (nSPS) is 10.1. The van der Waals surface area contributed by atoms with Gasteiger partial charge in [0, 0.05) is 43.7 Å². The maximum absolute atomic E-state index is 11.5. The average molecular weight is 271 g/mol. The van der Waals surface area contributed by atoms with Crippen LogP contribution in [0.2, 0.25) is 0 Å². The van der Waals surface area contributed by atoms with Gasteiger partial charge in [-0.3, -0.25) is 9.59 Å². The number of nitrogens with one attached hydrogen (secondary N) is 2. The van der Waals surface area contributed by atoms with Gasteiger partial charge in [0.15, 0.2) is 0 Å². The first-order valence-electron chi connectivity index (χ1n) is 6.42. The SMILES string of the molecule is CC(=O)Nc1ccc(NCCn2ccccc2=O)cc1. The van der Waals surface area contributed by atoms with Crippen molar-refractivity contribution in [1.82, 2.24) is 4.57 Å². The van der Waals surface area contributed by atoms with Crippen molar-refractivity contribution in [2.45, 2.75) is 13.5 Å². The summed E-state index contributed by atoms with van der Waals surface area (Å²) in [5.74, 6) is -0.0887. The van der Waals surface area contributed by atoms with Crippen molar-refractivity contribution in [3.8, 4) is 0 Å². The molecule has 5 nitrogen and oxygen atoms in total. The minimum Gasteiger partial charge on any atom is -0.383 e. The first-order valence-corrected chi connectivity index (χ1v) is 6.42. The zero-order chi connectivity index (χ0) is 14.4. The number of rotatable bonds is 5. The molecule has 1 aromatic carbocycles. The van der Waals surface area contributed by atoms with Gasteiger partial charge >= 0.3 is 0 Å². The van der Waals surface area contributed by atoms with Gasteiger partial charge in [-0.1, -0.05) is 6.07 Å². The van der Waals surface area contributed by atoms with Crippen LogP contribution in [0.5, 0.6) is 0 Å². The molecule has 0 fully saturated rings. The first kappa shape index (κ1) is 13.9. The Morgan fingerprint density at radius 2 is 1.80 bits per heavy atom. The van der Waals surface area contributed by atoms with Gasteiger partial charge in [-0.25, -0.2) is 0 Å². The third-order valence-electron chi connectivity index (χ3n) is 2.79. The van der Waals surface area contributed by atoms with Crippen molar-refractivity contribution in [1.29, 1.82) is 0 Å². The molecule has 0 unspecified atom stereocenters. The van der Waals surface area contributed by atoms with E-state index < -0.39 is 0 Å². The van der Waals surface area contributed by atoms with Gasteiger partial charge in [-0.15, -0.1) is 0 Å². The van der Waals surface area contributed by atoms with Gasteiger partial charge in [0.2, 0.25) is 5.91 Å². The number of pyridine rings is 1. The largest absolute Gasteiger partial charge is 0.383 e. The first-order chi connectivity index (χ1) is 9.65. The minimum absolute atomic E-state index is 0.00435. The molecule has 5 heteroatoms. The Morgan fingerprint density at radius 1 is 1.10 bits per heavy atom. The third-order valence-corrected chi connectivity index (χ3v) is 2.79. The van der Waals surface area contributed by atoms with Gasteiger partial charge < -0.3 is 15.2 Å². The number of hydrogen-bond acceptors (Lipinski definition) is 3. The summed E-state index contributed by atoms with van der Waals surface area (Å²) in [6, 6.07) is 12.5. The predicted molar refractivity (Wildman–Crippen MR) is 79.9 cm³/mol. The van der Waals surface area contributed by atoms with Crippen LogP contribution in [0.4, 0.5) is 11.4 Å². The zero-order valence-corrected chi connectivity index (χ0v) is 11.3. The fourth-order valence-corrected chi connectivity index (χ4v) is 1.84. The van der Waals surface area contributed by atoms with Crippen molar-refractivity contribution in [2.24, 2.45) is 0 Å². The van der Waals surface area contributed by atoms with Crippen LogP contribution in [0, 0.1) is 0 Å². The Hall–Kier alpha value is -2.56. The summed E-state index contributed by atoms with van der Waals surface area (Å²) in [4.78, 5) is 22.4. The molecular formula is C15H17N3O2. The van der Waals surface area contributed by atoms with E-state index in [4.69, 9.17) is 0 Å². The monoisotopic (exact) mass is 271 g/mol. The Bertz CT molecular complexity index is 632. The van der Waals surface area contributed by atoms with Crippen molar-refractivity contribution in [3.05, 3.63) is 59.0 Å². The Balaban J connectivity index is 1.87. The second kappa shape index (κ2) is 6.56. The van der Waals surface area contributed by atoms with Crippen molar-refractivity contribution in [3.63, 3.8) is 0 Å². The lowest BCUT2D eigenvalue weighted by Crippen LogP contribution is -2.21. The molecule has 2 rings (SSSR count). The van der Waals surface area contributed by atoms with Gasteiger partial charge in [-0.2, -0.15) is 0 Å². The highest BCUT2D eigenvalue weighted by Gasteiger charge is 1.97. The standard InChI is InChI=1S/C15H17N3O2/c1-12(19)17-14-7-5-13(6-8-14)16-9-11-18-10-3-2-4-15(18)20/h2-8,10,16H,9,11H2,1H3,(H,17,19). The van der Waals surface area contributed by atoms with Gasteiger partial charge in [0.25, 0.3) is 5.56 Å². The van der Waals surface area contributed by atoms with Crippen LogP contribution in [0.3, 0.4) is 0 Å². The van der Waals surface area contributed by atoms with E-state index in [0.29, 0.717) is 13.1 Å². The average Bonchev–Trinajstić information content (AvgIpc) is 2.42. The van der Waals surface area contributed by atoms with Crippen molar-refractivity contribution >= 4 is 17.3 Å². The number of nitrogens with zero attached hydrogens (tertiary/aromatic N) is 1. The molecule has 0 atom stereocenters. The van der Waals surface area contributed by atoms with Crippen LogP contribution in [-0.2, 0) is 11.3 Å². The quantitative estimate of drug-likeness (QED) is 0.873. The maximum Gasteiger partial charge on any atom is 0.250 e. The molecule has 1 heterocycles. The number of amides is 1. The molecule has 0 saturated carbocycles. The van der Waals surface area contributed by atoms with Crippen molar-refractivity contribution in [2.75, 3.05) is 17.2 Å². The predicted octanol–water partition coefficient (Wildman–Crippen LogP) is 1.92. The van der Waals surface area contributed by atoms with Crippen LogP contribution in [0.15, 0.2) is 53.5 Å². The number of carbonyl (C=O) groups excluding carboxylic acids is 1. The summed E-state index contributed by atoms with van der Waals surface area (Å²) in [7, 11) is 0. The van der Waals surface area contributed by atoms with E-state index in [9.17, 15) is 9.59 Å². The van der Waals surface area contributed by atoms with Gasteiger partial charge in [0.05, 0.1) is 0 Å². The van der Waals surface area contributed by atoms with Crippen LogP contribution in [-0.4, -0.2) is 17.0 Å². The van der Waals surface area contributed by atoms with Crippen molar-refractivity contribution < 1.29 is 4.79 Å². The lowest BCUT2D eigenvalue weighted by Gasteiger charge is -2.09. The Kier molecular flexibility index (Phi) is 4.55. The molecule has 2 aromatic rings. The highest BCUT2D eigenvalue weighted by Crippen LogP contribution is 2.13. The van der Waals surface area contributed by atoms with E-state index in [1.165, 1.54) is 6.92 Å².